The number of ether oxygens (including phenoxy) is 1. The second-order valence-corrected chi connectivity index (χ2v) is 14.0. The van der Waals surface area contributed by atoms with Crippen molar-refractivity contribution < 1.29 is 19.1 Å². The quantitative estimate of drug-likeness (QED) is 0.187. The third-order valence-corrected chi connectivity index (χ3v) is 10.1. The van der Waals surface area contributed by atoms with Crippen LogP contribution in [0.5, 0.6) is 0 Å². The largest absolute Gasteiger partial charge is 0.462 e. The van der Waals surface area contributed by atoms with Gasteiger partial charge in [-0.15, -0.1) is 23.1 Å². The Bertz CT molecular complexity index is 1430. The number of thioether (sulfide) groups is 1. The average Bonchev–Trinajstić information content (AvgIpc) is 3.28. The molecule has 3 aromatic rings. The van der Waals surface area contributed by atoms with Crippen molar-refractivity contribution in [2.24, 2.45) is 11.3 Å². The van der Waals surface area contributed by atoms with E-state index in [0.717, 1.165) is 29.7 Å². The number of carbonyl (C=O) groups excluding carboxylic acids is 3. The normalized spacial score (nSPS) is 15.5. The average molecular weight is 613 g/mol. The fourth-order valence-electron chi connectivity index (χ4n) is 4.99. The Balaban J connectivity index is 1.50. The number of anilines is 2. The van der Waals surface area contributed by atoms with E-state index >= 15 is 0 Å². The molecule has 0 fully saturated rings. The third-order valence-electron chi connectivity index (χ3n) is 7.33. The summed E-state index contributed by atoms with van der Waals surface area (Å²) >= 11 is 8.96. The molecule has 4 rings (SSSR count). The molecule has 0 spiro atoms. The first-order valence-corrected chi connectivity index (χ1v) is 16.0. The second-order valence-electron chi connectivity index (χ2n) is 11.2. The number of benzene rings is 2. The summed E-state index contributed by atoms with van der Waals surface area (Å²) in [6, 6.07) is 14.2. The summed E-state index contributed by atoms with van der Waals surface area (Å²) in [6.45, 7) is 10.8. The van der Waals surface area contributed by atoms with Gasteiger partial charge in [0, 0.05) is 26.0 Å². The maximum absolute atomic E-state index is 13.5. The Morgan fingerprint density at radius 3 is 2.54 bits per heavy atom. The van der Waals surface area contributed by atoms with Gasteiger partial charge in [0.15, 0.2) is 0 Å². The Morgan fingerprint density at radius 2 is 1.85 bits per heavy atom. The minimum absolute atomic E-state index is 0.164. The van der Waals surface area contributed by atoms with Crippen molar-refractivity contribution in [3.63, 3.8) is 0 Å². The fraction of sp³-hybridized carbons (Fsp3) is 0.406. The summed E-state index contributed by atoms with van der Waals surface area (Å²) in [6.07, 6.45) is 3.29. The molecule has 2 amide bonds. The van der Waals surface area contributed by atoms with Crippen LogP contribution in [0.1, 0.15) is 78.6 Å². The van der Waals surface area contributed by atoms with Crippen LogP contribution in [0.25, 0.3) is 0 Å². The molecular weight excluding hydrogens is 576 g/mol. The molecule has 0 saturated carbocycles. The highest BCUT2D eigenvalue weighted by Crippen LogP contribution is 2.45. The van der Waals surface area contributed by atoms with E-state index in [-0.39, 0.29) is 29.8 Å². The van der Waals surface area contributed by atoms with Gasteiger partial charge in [-0.3, -0.25) is 9.59 Å². The number of thiophene rings is 1. The van der Waals surface area contributed by atoms with Crippen LogP contribution in [0.15, 0.2) is 53.4 Å². The van der Waals surface area contributed by atoms with E-state index in [1.807, 2.05) is 25.1 Å². The van der Waals surface area contributed by atoms with Crippen LogP contribution >= 0.6 is 34.7 Å². The molecule has 1 heterocycles. The van der Waals surface area contributed by atoms with E-state index in [4.69, 9.17) is 16.3 Å². The number of esters is 1. The molecule has 0 aliphatic heterocycles. The molecule has 0 saturated heterocycles. The molecule has 1 aliphatic rings. The summed E-state index contributed by atoms with van der Waals surface area (Å²) in [5, 5.41) is 6.65. The summed E-state index contributed by atoms with van der Waals surface area (Å²) in [5.41, 5.74) is 2.79. The smallest absolute Gasteiger partial charge is 0.341 e. The Morgan fingerprint density at radius 1 is 1.10 bits per heavy atom. The van der Waals surface area contributed by atoms with E-state index in [1.165, 1.54) is 28.0 Å². The molecule has 9 heteroatoms. The Labute approximate surface area is 255 Å². The predicted octanol–water partition coefficient (Wildman–Crippen LogP) is 8.49. The van der Waals surface area contributed by atoms with Gasteiger partial charge in [0.05, 0.1) is 17.4 Å². The topological polar surface area (TPSA) is 84.5 Å². The van der Waals surface area contributed by atoms with Gasteiger partial charge < -0.3 is 15.4 Å². The van der Waals surface area contributed by atoms with Crippen LogP contribution < -0.4 is 10.6 Å². The number of hydrogen-bond donors (Lipinski definition) is 2. The van der Waals surface area contributed by atoms with Gasteiger partial charge >= 0.3 is 5.97 Å². The Kier molecular flexibility index (Phi) is 10.2. The molecule has 2 N–H and O–H groups in total. The van der Waals surface area contributed by atoms with E-state index in [9.17, 15) is 14.4 Å². The number of carbonyl (C=O) groups is 3. The van der Waals surface area contributed by atoms with Crippen molar-refractivity contribution >= 4 is 63.2 Å². The summed E-state index contributed by atoms with van der Waals surface area (Å²) in [7, 11) is 0. The first-order valence-electron chi connectivity index (χ1n) is 14.0. The maximum Gasteiger partial charge on any atom is 0.341 e. The summed E-state index contributed by atoms with van der Waals surface area (Å²) < 4.78 is 5.40. The first kappa shape index (κ1) is 31.1. The maximum atomic E-state index is 13.5. The third kappa shape index (κ3) is 7.73. The minimum atomic E-state index is -0.398. The van der Waals surface area contributed by atoms with E-state index in [2.05, 4.69) is 31.4 Å². The lowest BCUT2D eigenvalue weighted by Gasteiger charge is -2.33. The van der Waals surface area contributed by atoms with Crippen molar-refractivity contribution in [3.05, 3.63) is 75.1 Å². The lowest BCUT2D eigenvalue weighted by atomic mass is 9.72. The molecule has 41 heavy (non-hydrogen) atoms. The molecule has 1 aromatic heterocycles. The number of amides is 2. The molecule has 0 radical (unpaired) electrons. The fourth-order valence-corrected chi connectivity index (χ4v) is 7.51. The van der Waals surface area contributed by atoms with Crippen LogP contribution in [0.3, 0.4) is 0 Å². The molecule has 6 nitrogen and oxygen atoms in total. The first-order chi connectivity index (χ1) is 19.5. The van der Waals surface area contributed by atoms with Gasteiger partial charge in [0.1, 0.15) is 5.00 Å². The highest BCUT2D eigenvalue weighted by Gasteiger charge is 2.35. The highest BCUT2D eigenvalue weighted by molar-refractivity contribution is 8.00. The van der Waals surface area contributed by atoms with Crippen molar-refractivity contribution in [1.29, 1.82) is 0 Å². The number of rotatable bonds is 9. The van der Waals surface area contributed by atoms with Crippen molar-refractivity contribution in [3.8, 4) is 0 Å². The van der Waals surface area contributed by atoms with Gasteiger partial charge in [-0.1, -0.05) is 51.4 Å². The molecule has 2 atom stereocenters. The number of hydrogen-bond acceptors (Lipinski definition) is 6. The standard InChI is InChI=1S/C32H37ClN2O4S2/c1-6-25(40-23-13-9-12-22(18-23)34-28(36)19-10-8-11-21(33)16-19)29(37)35-30-27(31(38)39-7-2)24-15-14-20(32(3,4)5)17-26(24)41-30/h8-13,16,18,20,25H,6-7,14-15,17H2,1-5H3,(H,34,36)(H,35,37). The molecular formula is C32H37ClN2O4S2. The lowest BCUT2D eigenvalue weighted by molar-refractivity contribution is -0.115. The van der Waals surface area contributed by atoms with Crippen molar-refractivity contribution in [2.45, 2.75) is 70.4 Å². The SMILES string of the molecule is CCOC(=O)c1c(NC(=O)C(CC)Sc2cccc(NC(=O)c3cccc(Cl)c3)c2)sc2c1CCC(C(C)(C)C)C2. The predicted molar refractivity (Wildman–Crippen MR) is 170 cm³/mol. The number of halogens is 1. The van der Waals surface area contributed by atoms with Crippen LogP contribution in [0, 0.1) is 11.3 Å². The van der Waals surface area contributed by atoms with Gasteiger partial charge in [-0.2, -0.15) is 0 Å². The van der Waals surface area contributed by atoms with Crippen molar-refractivity contribution in [1.82, 2.24) is 0 Å². The van der Waals surface area contributed by atoms with E-state index < -0.39 is 5.25 Å². The van der Waals surface area contributed by atoms with E-state index in [1.54, 1.807) is 37.3 Å². The summed E-state index contributed by atoms with van der Waals surface area (Å²) in [5.74, 6) is -0.292. The van der Waals surface area contributed by atoms with Crippen LogP contribution in [0.2, 0.25) is 5.02 Å². The van der Waals surface area contributed by atoms with Crippen molar-refractivity contribution in [2.75, 3.05) is 17.2 Å². The van der Waals surface area contributed by atoms with Crippen LogP contribution in [-0.2, 0) is 22.4 Å². The second kappa shape index (κ2) is 13.4. The van der Waals surface area contributed by atoms with E-state index in [0.29, 0.717) is 39.2 Å². The van der Waals surface area contributed by atoms with Gasteiger partial charge in [-0.05, 0) is 85.9 Å². The number of fused-ring (bicyclic) bond motifs is 1. The van der Waals surface area contributed by atoms with Gasteiger partial charge in [0.25, 0.3) is 5.91 Å². The highest BCUT2D eigenvalue weighted by atomic mass is 35.5. The van der Waals surface area contributed by atoms with Crippen LogP contribution in [-0.4, -0.2) is 29.6 Å². The number of nitrogens with one attached hydrogen (secondary N) is 2. The molecule has 218 valence electrons. The zero-order chi connectivity index (χ0) is 29.7. The molecule has 2 unspecified atom stereocenters. The van der Waals surface area contributed by atoms with Gasteiger partial charge in [0.2, 0.25) is 5.91 Å². The monoisotopic (exact) mass is 612 g/mol. The van der Waals surface area contributed by atoms with Crippen LogP contribution in [0.4, 0.5) is 10.7 Å². The molecule has 2 aromatic carbocycles. The zero-order valence-electron chi connectivity index (χ0n) is 24.1. The summed E-state index contributed by atoms with van der Waals surface area (Å²) in [4.78, 5) is 41.3. The zero-order valence-corrected chi connectivity index (χ0v) is 26.5. The Hall–Kier alpha value is -2.81. The molecule has 1 aliphatic carbocycles. The van der Waals surface area contributed by atoms with Gasteiger partial charge in [-0.25, -0.2) is 4.79 Å². The molecule has 0 bridgehead atoms. The lowest BCUT2D eigenvalue weighted by Crippen LogP contribution is -2.27. The minimum Gasteiger partial charge on any atom is -0.462 e.